The Morgan fingerprint density at radius 3 is 2.86 bits per heavy atom. The molecule has 2 aromatic heterocycles. The maximum absolute atomic E-state index is 12.7. The van der Waals surface area contributed by atoms with E-state index in [-0.39, 0.29) is 36.6 Å². The Balaban J connectivity index is 0.00000300. The van der Waals surface area contributed by atoms with Gasteiger partial charge in [0.1, 0.15) is 17.4 Å². The molecule has 0 radical (unpaired) electrons. The topological polar surface area (TPSA) is 89.2 Å². The molecule has 1 aliphatic rings. The van der Waals surface area contributed by atoms with Gasteiger partial charge in [-0.25, -0.2) is 19.6 Å². The fraction of sp³-hybridized carbons (Fsp3) is 0.625. The minimum atomic E-state index is -4.43. The number of nitrogens with one attached hydrogen (secondary N) is 2. The third-order valence-electron chi connectivity index (χ3n) is 4.08. The van der Waals surface area contributed by atoms with Crippen molar-refractivity contribution >= 4 is 41.3 Å². The summed E-state index contributed by atoms with van der Waals surface area (Å²) in [6.07, 6.45) is -2.80. The van der Waals surface area contributed by atoms with Crippen LogP contribution in [0.3, 0.4) is 0 Å². The monoisotopic (exact) mass is 545 g/mol. The minimum Gasteiger partial charge on any atom is -0.377 e. The minimum absolute atomic E-state index is 0. The zero-order valence-electron chi connectivity index (χ0n) is 16.0. The molecule has 0 aromatic carbocycles. The van der Waals surface area contributed by atoms with Gasteiger partial charge < -0.3 is 15.4 Å². The van der Waals surface area contributed by atoms with Gasteiger partial charge in [-0.15, -0.1) is 35.3 Å². The Bertz CT molecular complexity index is 824. The van der Waals surface area contributed by atoms with Crippen molar-refractivity contribution < 1.29 is 17.9 Å². The number of hydrogen-bond acceptors (Lipinski definition) is 6. The van der Waals surface area contributed by atoms with Crippen LogP contribution in [-0.4, -0.2) is 45.4 Å². The third kappa shape index (κ3) is 6.50. The van der Waals surface area contributed by atoms with Crippen LogP contribution in [0.25, 0.3) is 0 Å². The highest BCUT2D eigenvalue weighted by molar-refractivity contribution is 14.0. The first-order valence-electron chi connectivity index (χ1n) is 8.87. The van der Waals surface area contributed by atoms with Crippen LogP contribution in [0.5, 0.6) is 0 Å². The van der Waals surface area contributed by atoms with E-state index in [0.717, 1.165) is 35.4 Å². The number of fused-ring (bicyclic) bond motifs is 1. The number of methoxy groups -OCH3 is 1. The summed E-state index contributed by atoms with van der Waals surface area (Å²) in [5.74, 6) is 2.12. The highest BCUT2D eigenvalue weighted by Crippen LogP contribution is 2.30. The molecule has 162 valence electrons. The van der Waals surface area contributed by atoms with Crippen molar-refractivity contribution in [1.82, 2.24) is 30.4 Å². The van der Waals surface area contributed by atoms with Crippen LogP contribution in [0.15, 0.2) is 10.4 Å². The molecule has 13 heteroatoms. The number of alkyl halides is 3. The average Bonchev–Trinajstić information content (AvgIpc) is 3.26. The van der Waals surface area contributed by atoms with E-state index in [2.05, 4.69) is 30.7 Å². The van der Waals surface area contributed by atoms with Crippen LogP contribution in [-0.2, 0) is 37.0 Å². The first-order valence-corrected chi connectivity index (χ1v) is 9.75. The van der Waals surface area contributed by atoms with E-state index in [1.807, 2.05) is 11.6 Å². The maximum atomic E-state index is 12.7. The molecule has 0 saturated carbocycles. The number of aryl methyl sites for hydroxylation is 1. The van der Waals surface area contributed by atoms with Gasteiger partial charge in [0, 0.05) is 31.5 Å². The number of aromatic nitrogens is 4. The molecule has 1 aliphatic heterocycles. The van der Waals surface area contributed by atoms with E-state index in [1.54, 1.807) is 7.11 Å². The Kier molecular flexibility index (Phi) is 8.63. The van der Waals surface area contributed by atoms with Gasteiger partial charge >= 0.3 is 6.18 Å². The number of hydrogen-bond donors (Lipinski definition) is 2. The van der Waals surface area contributed by atoms with E-state index < -0.39 is 11.9 Å². The first-order chi connectivity index (χ1) is 13.4. The number of halogens is 4. The summed E-state index contributed by atoms with van der Waals surface area (Å²) in [5.41, 5.74) is -0.876. The van der Waals surface area contributed by atoms with Crippen molar-refractivity contribution in [3.63, 3.8) is 0 Å². The molecule has 0 fully saturated rings. The van der Waals surface area contributed by atoms with E-state index in [4.69, 9.17) is 4.74 Å². The van der Waals surface area contributed by atoms with Crippen LogP contribution in [0.1, 0.15) is 35.7 Å². The van der Waals surface area contributed by atoms with E-state index in [0.29, 0.717) is 36.5 Å². The second-order valence-electron chi connectivity index (χ2n) is 6.26. The number of aliphatic imine (C=N–C) groups is 1. The molecule has 1 unspecified atom stereocenters. The molecule has 0 aliphatic carbocycles. The molecule has 0 bridgehead atoms. The number of nitrogens with zero attached hydrogens (tertiary/aromatic N) is 5. The van der Waals surface area contributed by atoms with Gasteiger partial charge in [-0.05, 0) is 13.3 Å². The van der Waals surface area contributed by atoms with Crippen molar-refractivity contribution in [2.75, 3.05) is 13.7 Å². The standard InChI is InChI=1S/C16H22F3N7OS.HI/c1-3-20-15(21-6-14-23-11(9-28-14)16(17,18)19)22-10-4-5-13-24-12(8-27-2)25-26(13)7-10;/h9-10H,3-8H2,1-2H3,(H2,20,21,22);1H. The number of rotatable bonds is 6. The Hall–Kier alpha value is -1.48. The van der Waals surface area contributed by atoms with Gasteiger partial charge in [0.15, 0.2) is 17.5 Å². The second-order valence-corrected chi connectivity index (χ2v) is 7.20. The summed E-state index contributed by atoms with van der Waals surface area (Å²) in [5, 5.41) is 12.2. The largest absolute Gasteiger partial charge is 0.434 e. The summed E-state index contributed by atoms with van der Waals surface area (Å²) in [6.45, 7) is 3.64. The van der Waals surface area contributed by atoms with Crippen LogP contribution in [0, 0.1) is 0 Å². The highest BCUT2D eigenvalue weighted by atomic mass is 127. The smallest absolute Gasteiger partial charge is 0.377 e. The normalized spacial score (nSPS) is 16.9. The van der Waals surface area contributed by atoms with Crippen LogP contribution in [0.2, 0.25) is 0 Å². The summed E-state index contributed by atoms with van der Waals surface area (Å²) in [7, 11) is 1.60. The Morgan fingerprint density at radius 2 is 2.21 bits per heavy atom. The summed E-state index contributed by atoms with van der Waals surface area (Å²) in [6, 6.07) is 0.0874. The van der Waals surface area contributed by atoms with E-state index in [1.165, 1.54) is 0 Å². The lowest BCUT2D eigenvalue weighted by Crippen LogP contribution is -2.47. The molecule has 2 aromatic rings. The van der Waals surface area contributed by atoms with Crippen molar-refractivity contribution in [3.05, 3.63) is 27.7 Å². The van der Waals surface area contributed by atoms with Crippen molar-refractivity contribution in [3.8, 4) is 0 Å². The predicted molar refractivity (Wildman–Crippen MR) is 113 cm³/mol. The maximum Gasteiger partial charge on any atom is 0.434 e. The molecule has 0 spiro atoms. The number of guanidine groups is 1. The van der Waals surface area contributed by atoms with Crippen molar-refractivity contribution in [1.29, 1.82) is 0 Å². The molecule has 2 N–H and O–H groups in total. The number of ether oxygens (including phenoxy) is 1. The van der Waals surface area contributed by atoms with Gasteiger partial charge in [-0.3, -0.25) is 0 Å². The molecule has 0 saturated heterocycles. The van der Waals surface area contributed by atoms with E-state index >= 15 is 0 Å². The molecule has 3 rings (SSSR count). The zero-order chi connectivity index (χ0) is 20.1. The third-order valence-corrected chi connectivity index (χ3v) is 4.91. The SMILES string of the molecule is CCNC(=NCc1nc(C(F)(F)F)cs1)NC1CCc2nc(COC)nn2C1.I. The van der Waals surface area contributed by atoms with Gasteiger partial charge in [-0.1, -0.05) is 0 Å². The first kappa shape index (κ1) is 23.8. The Morgan fingerprint density at radius 1 is 1.41 bits per heavy atom. The fourth-order valence-electron chi connectivity index (χ4n) is 2.84. The predicted octanol–water partition coefficient (Wildman–Crippen LogP) is 2.59. The molecule has 8 nitrogen and oxygen atoms in total. The van der Waals surface area contributed by atoms with Crippen molar-refractivity contribution in [2.45, 2.75) is 51.7 Å². The summed E-state index contributed by atoms with van der Waals surface area (Å²) >= 11 is 0.953. The van der Waals surface area contributed by atoms with Gasteiger partial charge in [-0.2, -0.15) is 18.3 Å². The van der Waals surface area contributed by atoms with Gasteiger partial charge in [0.05, 0.1) is 13.1 Å². The van der Waals surface area contributed by atoms with Crippen LogP contribution < -0.4 is 10.6 Å². The van der Waals surface area contributed by atoms with E-state index in [9.17, 15) is 13.2 Å². The molecular weight excluding hydrogens is 522 g/mol. The number of thiazole rings is 1. The van der Waals surface area contributed by atoms with Crippen LogP contribution in [0.4, 0.5) is 13.2 Å². The lowest BCUT2D eigenvalue weighted by Gasteiger charge is -2.25. The van der Waals surface area contributed by atoms with Crippen molar-refractivity contribution in [2.24, 2.45) is 4.99 Å². The Labute approximate surface area is 187 Å². The molecular formula is C16H23F3IN7OS. The lowest BCUT2D eigenvalue weighted by atomic mass is 10.1. The van der Waals surface area contributed by atoms with Crippen LogP contribution >= 0.6 is 35.3 Å². The second kappa shape index (κ2) is 10.5. The fourth-order valence-corrected chi connectivity index (χ4v) is 3.57. The highest BCUT2D eigenvalue weighted by Gasteiger charge is 2.33. The van der Waals surface area contributed by atoms with Gasteiger partial charge in [0.25, 0.3) is 0 Å². The molecule has 29 heavy (non-hydrogen) atoms. The summed E-state index contributed by atoms with van der Waals surface area (Å²) in [4.78, 5) is 12.4. The molecule has 1 atom stereocenters. The average molecular weight is 545 g/mol. The molecule has 3 heterocycles. The lowest BCUT2D eigenvalue weighted by molar-refractivity contribution is -0.140. The quantitative estimate of drug-likeness (QED) is 0.330. The van der Waals surface area contributed by atoms with Gasteiger partial charge in [0.2, 0.25) is 0 Å². The molecule has 0 amide bonds. The zero-order valence-corrected chi connectivity index (χ0v) is 19.1. The summed E-state index contributed by atoms with van der Waals surface area (Å²) < 4.78 is 44.9.